The van der Waals surface area contributed by atoms with E-state index < -0.39 is 11.6 Å². The lowest BCUT2D eigenvalue weighted by Crippen LogP contribution is -2.31. The van der Waals surface area contributed by atoms with Crippen molar-refractivity contribution in [3.05, 3.63) is 64.7 Å². The van der Waals surface area contributed by atoms with Crippen molar-refractivity contribution >= 4 is 0 Å². The molecule has 0 aliphatic carbocycles. The minimum Gasteiger partial charge on any atom is -0.496 e. The first-order valence-corrected chi connectivity index (χ1v) is 7.02. The maximum Gasteiger partial charge on any atom is 0.162 e. The van der Waals surface area contributed by atoms with E-state index in [4.69, 9.17) is 4.74 Å². The fraction of sp³-hybridized carbons (Fsp3) is 0.294. The topological polar surface area (TPSA) is 21.3 Å². The standard InChI is InChI=1S/C17H17F2NO/c1-21-16-7-3-5-12-13(16)8-9-20-15(12)10-11-4-2-6-14(18)17(11)19/h2-7,15,20H,8-10H2,1H3. The van der Waals surface area contributed by atoms with Crippen LogP contribution in [0.1, 0.15) is 22.7 Å². The highest BCUT2D eigenvalue weighted by Gasteiger charge is 2.23. The summed E-state index contributed by atoms with van der Waals surface area (Å²) in [7, 11) is 1.65. The predicted molar refractivity (Wildman–Crippen MR) is 77.5 cm³/mol. The number of ether oxygens (including phenoxy) is 1. The number of benzene rings is 2. The minimum atomic E-state index is -0.797. The molecule has 1 aliphatic rings. The summed E-state index contributed by atoms with van der Waals surface area (Å²) in [4.78, 5) is 0. The number of hydrogen-bond donors (Lipinski definition) is 1. The third-order valence-electron chi connectivity index (χ3n) is 3.99. The van der Waals surface area contributed by atoms with E-state index in [9.17, 15) is 8.78 Å². The molecule has 2 nitrogen and oxygen atoms in total. The lowest BCUT2D eigenvalue weighted by atomic mass is 9.89. The van der Waals surface area contributed by atoms with Gasteiger partial charge in [-0.25, -0.2) is 8.78 Å². The van der Waals surface area contributed by atoms with E-state index in [1.54, 1.807) is 19.2 Å². The lowest BCUT2D eigenvalue weighted by Gasteiger charge is -2.28. The van der Waals surface area contributed by atoms with Gasteiger partial charge in [-0.2, -0.15) is 0 Å². The number of methoxy groups -OCH3 is 1. The van der Waals surface area contributed by atoms with Gasteiger partial charge in [-0.15, -0.1) is 0 Å². The van der Waals surface area contributed by atoms with Crippen LogP contribution in [0.25, 0.3) is 0 Å². The van der Waals surface area contributed by atoms with Crippen LogP contribution in [-0.2, 0) is 12.8 Å². The molecule has 110 valence electrons. The largest absolute Gasteiger partial charge is 0.496 e. The molecule has 21 heavy (non-hydrogen) atoms. The zero-order valence-corrected chi connectivity index (χ0v) is 11.8. The molecule has 0 saturated heterocycles. The van der Waals surface area contributed by atoms with Crippen molar-refractivity contribution in [1.82, 2.24) is 5.32 Å². The molecule has 0 saturated carbocycles. The molecular formula is C17H17F2NO. The Morgan fingerprint density at radius 3 is 2.81 bits per heavy atom. The Hall–Kier alpha value is -1.94. The highest BCUT2D eigenvalue weighted by atomic mass is 19.2. The summed E-state index contributed by atoms with van der Waals surface area (Å²) in [6.07, 6.45) is 1.30. The lowest BCUT2D eigenvalue weighted by molar-refractivity contribution is 0.399. The average Bonchev–Trinajstić information content (AvgIpc) is 2.51. The molecule has 0 aromatic heterocycles. The van der Waals surface area contributed by atoms with E-state index in [2.05, 4.69) is 5.32 Å². The van der Waals surface area contributed by atoms with Crippen molar-refractivity contribution < 1.29 is 13.5 Å². The number of rotatable bonds is 3. The van der Waals surface area contributed by atoms with Gasteiger partial charge in [0.2, 0.25) is 0 Å². The fourth-order valence-electron chi connectivity index (χ4n) is 2.96. The zero-order chi connectivity index (χ0) is 14.8. The number of hydrogen-bond acceptors (Lipinski definition) is 2. The van der Waals surface area contributed by atoms with Gasteiger partial charge in [0.15, 0.2) is 11.6 Å². The molecule has 0 spiro atoms. The highest BCUT2D eigenvalue weighted by molar-refractivity contribution is 5.44. The molecule has 1 N–H and O–H groups in total. The fourth-order valence-corrected chi connectivity index (χ4v) is 2.96. The molecule has 1 heterocycles. The minimum absolute atomic E-state index is 0.0276. The third kappa shape index (κ3) is 2.63. The van der Waals surface area contributed by atoms with Crippen LogP contribution in [0.4, 0.5) is 8.78 Å². The summed E-state index contributed by atoms with van der Waals surface area (Å²) >= 11 is 0. The molecule has 1 atom stereocenters. The van der Waals surface area contributed by atoms with Crippen LogP contribution in [0.15, 0.2) is 36.4 Å². The maximum atomic E-state index is 13.9. The highest BCUT2D eigenvalue weighted by Crippen LogP contribution is 2.32. The van der Waals surface area contributed by atoms with Crippen molar-refractivity contribution in [2.24, 2.45) is 0 Å². The smallest absolute Gasteiger partial charge is 0.162 e. The second-order valence-corrected chi connectivity index (χ2v) is 5.20. The van der Waals surface area contributed by atoms with E-state index in [-0.39, 0.29) is 6.04 Å². The molecule has 3 rings (SSSR count). The molecule has 2 aromatic carbocycles. The molecule has 0 radical (unpaired) electrons. The van der Waals surface area contributed by atoms with Gasteiger partial charge in [-0.1, -0.05) is 24.3 Å². The van der Waals surface area contributed by atoms with Gasteiger partial charge < -0.3 is 10.1 Å². The van der Waals surface area contributed by atoms with Gasteiger partial charge in [0.1, 0.15) is 5.75 Å². The van der Waals surface area contributed by atoms with Crippen LogP contribution in [0, 0.1) is 11.6 Å². The Labute approximate surface area is 122 Å². The summed E-state index contributed by atoms with van der Waals surface area (Å²) in [6, 6.07) is 10.2. The van der Waals surface area contributed by atoms with Crippen LogP contribution in [0.3, 0.4) is 0 Å². The molecule has 1 unspecified atom stereocenters. The third-order valence-corrected chi connectivity index (χ3v) is 3.99. The Bertz CT molecular complexity index is 657. The molecule has 4 heteroatoms. The van der Waals surface area contributed by atoms with Gasteiger partial charge in [-0.3, -0.25) is 0 Å². The molecule has 0 fully saturated rings. The SMILES string of the molecule is COc1cccc2c1CCNC2Cc1cccc(F)c1F. The van der Waals surface area contributed by atoms with Crippen LogP contribution < -0.4 is 10.1 Å². The molecular weight excluding hydrogens is 272 g/mol. The summed E-state index contributed by atoms with van der Waals surface area (Å²) in [5.41, 5.74) is 2.65. The van der Waals surface area contributed by atoms with E-state index >= 15 is 0 Å². The van der Waals surface area contributed by atoms with Gasteiger partial charge in [0.05, 0.1) is 7.11 Å². The van der Waals surface area contributed by atoms with Crippen molar-refractivity contribution in [2.45, 2.75) is 18.9 Å². The summed E-state index contributed by atoms with van der Waals surface area (Å²) < 4.78 is 32.6. The van der Waals surface area contributed by atoms with E-state index in [1.807, 2.05) is 18.2 Å². The van der Waals surface area contributed by atoms with E-state index in [0.717, 1.165) is 35.9 Å². The predicted octanol–water partition coefficient (Wildman–Crippen LogP) is 3.40. The van der Waals surface area contributed by atoms with Crippen molar-refractivity contribution in [1.29, 1.82) is 0 Å². The van der Waals surface area contributed by atoms with Crippen molar-refractivity contribution in [3.8, 4) is 5.75 Å². The van der Waals surface area contributed by atoms with E-state index in [1.165, 1.54) is 0 Å². The molecule has 0 bridgehead atoms. The quantitative estimate of drug-likeness (QED) is 0.935. The number of halogens is 2. The summed E-state index contributed by atoms with van der Waals surface area (Å²) in [5, 5.41) is 3.38. The Kier molecular flexibility index (Phi) is 3.88. The Morgan fingerprint density at radius 2 is 2.00 bits per heavy atom. The van der Waals surface area contributed by atoms with Crippen LogP contribution in [0.5, 0.6) is 5.75 Å². The van der Waals surface area contributed by atoms with Gasteiger partial charge in [0, 0.05) is 11.6 Å². The van der Waals surface area contributed by atoms with Crippen molar-refractivity contribution in [2.75, 3.05) is 13.7 Å². The van der Waals surface area contributed by atoms with E-state index in [0.29, 0.717) is 12.0 Å². The second kappa shape index (κ2) is 5.82. The molecule has 0 amide bonds. The molecule has 1 aliphatic heterocycles. The second-order valence-electron chi connectivity index (χ2n) is 5.20. The normalized spacial score (nSPS) is 17.4. The maximum absolute atomic E-state index is 13.9. The Balaban J connectivity index is 1.94. The summed E-state index contributed by atoms with van der Waals surface area (Å²) in [6.45, 7) is 0.801. The first kappa shape index (κ1) is 14.0. The average molecular weight is 289 g/mol. The zero-order valence-electron chi connectivity index (χ0n) is 11.8. The first-order chi connectivity index (χ1) is 10.2. The number of nitrogens with one attached hydrogen (secondary N) is 1. The first-order valence-electron chi connectivity index (χ1n) is 7.02. The molecule has 2 aromatic rings. The van der Waals surface area contributed by atoms with Crippen LogP contribution in [-0.4, -0.2) is 13.7 Å². The Morgan fingerprint density at radius 1 is 1.19 bits per heavy atom. The van der Waals surface area contributed by atoms with Gasteiger partial charge in [0.25, 0.3) is 0 Å². The monoisotopic (exact) mass is 289 g/mol. The van der Waals surface area contributed by atoms with Crippen molar-refractivity contribution in [3.63, 3.8) is 0 Å². The number of fused-ring (bicyclic) bond motifs is 1. The summed E-state index contributed by atoms with van der Waals surface area (Å²) in [5.74, 6) is -0.692. The van der Waals surface area contributed by atoms with Gasteiger partial charge >= 0.3 is 0 Å². The van der Waals surface area contributed by atoms with Crippen LogP contribution in [0.2, 0.25) is 0 Å². The van der Waals surface area contributed by atoms with Crippen LogP contribution >= 0.6 is 0 Å². The van der Waals surface area contributed by atoms with Gasteiger partial charge in [-0.05, 0) is 42.6 Å².